The van der Waals surface area contributed by atoms with Crippen LogP contribution >= 0.6 is 0 Å². The summed E-state index contributed by atoms with van der Waals surface area (Å²) in [7, 11) is 0. The van der Waals surface area contributed by atoms with Crippen LogP contribution in [0.15, 0.2) is 134 Å². The predicted molar refractivity (Wildman–Crippen MR) is 292 cm³/mol. The van der Waals surface area contributed by atoms with Crippen LogP contribution in [0.2, 0.25) is 0 Å². The average Bonchev–Trinajstić information content (AvgIpc) is 3.34. The summed E-state index contributed by atoms with van der Waals surface area (Å²) in [4.78, 5) is 38.0. The molecule has 0 aromatic carbocycles. The molecule has 382 valence electrons. The lowest BCUT2D eigenvalue weighted by Gasteiger charge is -2.18. The molecule has 68 heavy (non-hydrogen) atoms. The first-order chi connectivity index (χ1) is 33.5. The highest BCUT2D eigenvalue weighted by Crippen LogP contribution is 2.13. The van der Waals surface area contributed by atoms with Crippen molar-refractivity contribution in [1.82, 2.24) is 0 Å². The van der Waals surface area contributed by atoms with Crippen LogP contribution in [0.1, 0.15) is 220 Å². The third-order valence-corrected chi connectivity index (χ3v) is 10.9. The van der Waals surface area contributed by atoms with Crippen molar-refractivity contribution in [3.63, 3.8) is 0 Å². The van der Waals surface area contributed by atoms with E-state index >= 15 is 0 Å². The number of unbranched alkanes of at least 4 members (excludes halogenated alkanes) is 15. The summed E-state index contributed by atoms with van der Waals surface area (Å²) in [6.07, 6.45) is 77.5. The van der Waals surface area contributed by atoms with E-state index in [-0.39, 0.29) is 38.0 Å². The van der Waals surface area contributed by atoms with Crippen LogP contribution in [0.5, 0.6) is 0 Å². The zero-order chi connectivity index (χ0) is 49.3. The molecule has 0 N–H and O–H groups in total. The number of hydrogen-bond donors (Lipinski definition) is 0. The lowest BCUT2D eigenvalue weighted by Crippen LogP contribution is -2.30. The van der Waals surface area contributed by atoms with Crippen molar-refractivity contribution in [1.29, 1.82) is 0 Å². The van der Waals surface area contributed by atoms with Crippen molar-refractivity contribution in [2.24, 2.45) is 0 Å². The van der Waals surface area contributed by atoms with Gasteiger partial charge in [0.15, 0.2) is 6.10 Å². The number of allylic oxidation sites excluding steroid dienone is 21. The molecule has 0 heterocycles. The number of ether oxygens (including phenoxy) is 3. The predicted octanol–water partition coefficient (Wildman–Crippen LogP) is 18.3. The highest BCUT2D eigenvalue weighted by Gasteiger charge is 2.19. The normalized spacial score (nSPS) is 13.2. The van der Waals surface area contributed by atoms with E-state index in [4.69, 9.17) is 14.2 Å². The van der Waals surface area contributed by atoms with Crippen LogP contribution in [-0.2, 0) is 28.6 Å². The smallest absolute Gasteiger partial charge is 0.309 e. The molecule has 0 amide bonds. The fraction of sp³-hybridized carbons (Fsp3) is 0.597. The van der Waals surface area contributed by atoms with E-state index in [9.17, 15) is 14.4 Å². The van der Waals surface area contributed by atoms with E-state index in [2.05, 4.69) is 142 Å². The van der Waals surface area contributed by atoms with Crippen LogP contribution in [0.25, 0.3) is 0 Å². The Labute approximate surface area is 417 Å². The molecule has 0 saturated heterocycles. The molecule has 0 aromatic rings. The van der Waals surface area contributed by atoms with Crippen molar-refractivity contribution in [3.8, 4) is 0 Å². The Morgan fingerprint density at radius 2 is 0.632 bits per heavy atom. The van der Waals surface area contributed by atoms with E-state index in [1.165, 1.54) is 57.8 Å². The number of esters is 3. The number of carbonyl (C=O) groups excluding carboxylic acids is 3. The van der Waals surface area contributed by atoms with Crippen molar-refractivity contribution in [3.05, 3.63) is 134 Å². The Bertz CT molecular complexity index is 1500. The molecule has 0 radical (unpaired) electrons. The SMILES string of the molecule is CC/C=C\C/C=C\C/C=C\C/C=C\C/C=C\CCCCCC(=O)OCC(COC(=O)C/C=C\C/C=C\C/C=C\C/C=C\C/C=C\CC)OC(=O)CCCCCCC/C=C\CCCCCCCCC. The summed E-state index contributed by atoms with van der Waals surface area (Å²) in [5.74, 6) is -1.11. The molecule has 0 aliphatic rings. The molecule has 0 aliphatic heterocycles. The summed E-state index contributed by atoms with van der Waals surface area (Å²) in [6, 6.07) is 0. The van der Waals surface area contributed by atoms with Gasteiger partial charge in [-0.05, 0) is 116 Å². The monoisotopic (exact) mass is 939 g/mol. The van der Waals surface area contributed by atoms with Gasteiger partial charge in [-0.25, -0.2) is 0 Å². The van der Waals surface area contributed by atoms with Crippen molar-refractivity contribution < 1.29 is 28.6 Å². The van der Waals surface area contributed by atoms with Crippen LogP contribution in [0, 0.1) is 0 Å². The molecule has 0 bridgehead atoms. The highest BCUT2D eigenvalue weighted by molar-refractivity contribution is 5.72. The number of carbonyl (C=O) groups is 3. The van der Waals surface area contributed by atoms with Crippen LogP contribution < -0.4 is 0 Å². The minimum Gasteiger partial charge on any atom is -0.462 e. The quantitative estimate of drug-likeness (QED) is 0.0262. The maximum Gasteiger partial charge on any atom is 0.309 e. The lowest BCUT2D eigenvalue weighted by atomic mass is 10.1. The molecule has 0 spiro atoms. The fourth-order valence-corrected chi connectivity index (χ4v) is 6.89. The lowest BCUT2D eigenvalue weighted by molar-refractivity contribution is -0.166. The first-order valence-electron chi connectivity index (χ1n) is 27.2. The summed E-state index contributed by atoms with van der Waals surface area (Å²) in [5.41, 5.74) is 0. The molecule has 0 aliphatic carbocycles. The molecule has 1 unspecified atom stereocenters. The summed E-state index contributed by atoms with van der Waals surface area (Å²) in [6.45, 7) is 6.27. The standard InChI is InChI=1S/C62H98O6/c1-4-7-10-13-16-19-22-25-28-30-31-32-35-37-40-43-46-49-52-55-61(64)67-58-59(57-66-60(63)54-51-48-45-42-39-36-33-27-24-21-18-15-12-9-6-3)68-62(65)56-53-50-47-44-41-38-34-29-26-23-20-17-14-11-8-5-2/h7,9-10,12,16,18-19,21,25,27-29,31-34,37,39-40,42,48,51,59H,4-6,8,11,13-15,17,20,22-24,26,30,35-36,38,41,43-47,49-50,52-58H2,1-3H3/b10-7-,12-9-,19-16-,21-18-,28-25-,32-31-,33-27-,34-29-,40-37-,42-39-,51-48-. The Kier molecular flexibility index (Phi) is 51.5. The maximum absolute atomic E-state index is 12.8. The van der Waals surface area contributed by atoms with Crippen molar-refractivity contribution in [2.75, 3.05) is 13.2 Å². The zero-order valence-corrected chi connectivity index (χ0v) is 43.6. The summed E-state index contributed by atoms with van der Waals surface area (Å²) >= 11 is 0. The van der Waals surface area contributed by atoms with E-state index in [0.717, 1.165) is 122 Å². The van der Waals surface area contributed by atoms with Gasteiger partial charge in [0.05, 0.1) is 6.42 Å². The van der Waals surface area contributed by atoms with Gasteiger partial charge in [-0.15, -0.1) is 0 Å². The fourth-order valence-electron chi connectivity index (χ4n) is 6.89. The first kappa shape index (κ1) is 63.6. The van der Waals surface area contributed by atoms with Crippen LogP contribution in [0.3, 0.4) is 0 Å². The largest absolute Gasteiger partial charge is 0.462 e. The first-order valence-corrected chi connectivity index (χ1v) is 27.2. The van der Waals surface area contributed by atoms with Crippen molar-refractivity contribution >= 4 is 17.9 Å². The Morgan fingerprint density at radius 3 is 1.06 bits per heavy atom. The zero-order valence-electron chi connectivity index (χ0n) is 43.6. The number of hydrogen-bond acceptors (Lipinski definition) is 6. The molecule has 0 saturated carbocycles. The second kappa shape index (κ2) is 55.1. The van der Waals surface area contributed by atoms with E-state index < -0.39 is 12.1 Å². The summed E-state index contributed by atoms with van der Waals surface area (Å²) in [5, 5.41) is 0. The molecule has 0 fully saturated rings. The molecule has 0 aromatic heterocycles. The van der Waals surface area contributed by atoms with Gasteiger partial charge in [0.1, 0.15) is 13.2 Å². The van der Waals surface area contributed by atoms with Gasteiger partial charge in [0, 0.05) is 12.8 Å². The van der Waals surface area contributed by atoms with E-state index in [1.54, 1.807) is 6.08 Å². The topological polar surface area (TPSA) is 78.9 Å². The molecule has 6 heteroatoms. The minimum absolute atomic E-state index is 0.114. The second-order valence-corrected chi connectivity index (χ2v) is 17.4. The summed E-state index contributed by atoms with van der Waals surface area (Å²) < 4.78 is 16.7. The molecular formula is C62H98O6. The minimum atomic E-state index is -0.841. The third kappa shape index (κ3) is 52.5. The molecule has 6 nitrogen and oxygen atoms in total. The van der Waals surface area contributed by atoms with E-state index in [0.29, 0.717) is 6.42 Å². The maximum atomic E-state index is 12.8. The number of rotatable bonds is 47. The van der Waals surface area contributed by atoms with Gasteiger partial charge in [0.2, 0.25) is 0 Å². The average molecular weight is 939 g/mol. The van der Waals surface area contributed by atoms with Gasteiger partial charge in [-0.2, -0.15) is 0 Å². The second-order valence-electron chi connectivity index (χ2n) is 17.4. The van der Waals surface area contributed by atoms with Gasteiger partial charge < -0.3 is 14.2 Å². The van der Waals surface area contributed by atoms with Gasteiger partial charge in [-0.1, -0.05) is 219 Å². The Hall–Kier alpha value is -4.45. The van der Waals surface area contributed by atoms with Gasteiger partial charge >= 0.3 is 17.9 Å². The van der Waals surface area contributed by atoms with E-state index in [1.807, 2.05) is 6.08 Å². The molecule has 1 atom stereocenters. The van der Waals surface area contributed by atoms with Gasteiger partial charge in [-0.3, -0.25) is 14.4 Å². The Morgan fingerprint density at radius 1 is 0.324 bits per heavy atom. The third-order valence-electron chi connectivity index (χ3n) is 10.9. The Balaban J connectivity index is 4.59. The van der Waals surface area contributed by atoms with Crippen LogP contribution in [0.4, 0.5) is 0 Å². The van der Waals surface area contributed by atoms with Gasteiger partial charge in [0.25, 0.3) is 0 Å². The van der Waals surface area contributed by atoms with Crippen molar-refractivity contribution in [2.45, 2.75) is 226 Å². The van der Waals surface area contributed by atoms with Crippen LogP contribution in [-0.4, -0.2) is 37.2 Å². The highest BCUT2D eigenvalue weighted by atomic mass is 16.6. The molecule has 0 rings (SSSR count). The molecular weight excluding hydrogens is 841 g/mol.